The van der Waals surface area contributed by atoms with E-state index in [9.17, 15) is 4.79 Å². The first-order chi connectivity index (χ1) is 13.2. The topological polar surface area (TPSA) is 59.8 Å². The van der Waals surface area contributed by atoms with Crippen molar-refractivity contribution in [3.8, 4) is 5.69 Å². The number of amides is 1. The van der Waals surface area contributed by atoms with Gasteiger partial charge in [-0.25, -0.2) is 4.68 Å². The van der Waals surface area contributed by atoms with Gasteiger partial charge in [0.15, 0.2) is 5.82 Å². The van der Waals surface area contributed by atoms with Gasteiger partial charge in [0.1, 0.15) is 0 Å². The summed E-state index contributed by atoms with van der Waals surface area (Å²) in [7, 11) is 0. The lowest BCUT2D eigenvalue weighted by Gasteiger charge is -2.01. The van der Waals surface area contributed by atoms with E-state index in [1.54, 1.807) is 23.2 Å². The van der Waals surface area contributed by atoms with Gasteiger partial charge in [0.05, 0.1) is 11.9 Å². The molecule has 27 heavy (non-hydrogen) atoms. The van der Waals surface area contributed by atoms with Gasteiger partial charge in [-0.1, -0.05) is 36.4 Å². The van der Waals surface area contributed by atoms with Crippen LogP contribution >= 0.6 is 0 Å². The second-order valence-corrected chi connectivity index (χ2v) is 6.25. The van der Waals surface area contributed by atoms with E-state index in [4.69, 9.17) is 0 Å². The lowest BCUT2D eigenvalue weighted by Crippen LogP contribution is -2.09. The van der Waals surface area contributed by atoms with Crippen molar-refractivity contribution >= 4 is 28.6 Å². The van der Waals surface area contributed by atoms with Gasteiger partial charge in [0.2, 0.25) is 5.91 Å². The number of rotatable bonds is 4. The Labute approximate surface area is 157 Å². The molecule has 2 aromatic heterocycles. The number of nitrogens with zero attached hydrogens (tertiary/aromatic N) is 3. The van der Waals surface area contributed by atoms with Crippen molar-refractivity contribution in [2.75, 3.05) is 5.32 Å². The average molecular weight is 354 g/mol. The maximum atomic E-state index is 12.3. The fraction of sp³-hybridized carbons (Fsp3) is 0.0455. The van der Waals surface area contributed by atoms with Crippen LogP contribution in [-0.4, -0.2) is 20.7 Å². The van der Waals surface area contributed by atoms with Crippen molar-refractivity contribution < 1.29 is 4.79 Å². The maximum absolute atomic E-state index is 12.3. The number of carbonyl (C=O) groups is 1. The third-order valence-electron chi connectivity index (χ3n) is 4.25. The molecule has 132 valence electrons. The zero-order valence-electron chi connectivity index (χ0n) is 14.8. The number of hydrogen-bond acceptors (Lipinski definition) is 3. The normalized spacial score (nSPS) is 11.1. The Hall–Kier alpha value is -3.73. The molecule has 2 heterocycles. The number of benzene rings is 2. The van der Waals surface area contributed by atoms with Crippen molar-refractivity contribution in [1.29, 1.82) is 0 Å². The van der Waals surface area contributed by atoms with Crippen LogP contribution in [0.25, 0.3) is 22.5 Å². The van der Waals surface area contributed by atoms with Crippen molar-refractivity contribution in [2.24, 2.45) is 0 Å². The molecule has 1 amide bonds. The molecular formula is C22H18N4O. The van der Waals surface area contributed by atoms with Crippen molar-refractivity contribution in [3.05, 3.63) is 90.4 Å². The van der Waals surface area contributed by atoms with E-state index < -0.39 is 0 Å². The first-order valence-electron chi connectivity index (χ1n) is 8.63. The molecule has 0 bridgehead atoms. The van der Waals surface area contributed by atoms with Gasteiger partial charge in [0, 0.05) is 24.0 Å². The Morgan fingerprint density at radius 1 is 1.07 bits per heavy atom. The molecule has 0 aliphatic carbocycles. The monoisotopic (exact) mass is 354 g/mol. The fourth-order valence-corrected chi connectivity index (χ4v) is 2.85. The van der Waals surface area contributed by atoms with Crippen molar-refractivity contribution in [2.45, 2.75) is 6.92 Å². The Bertz CT molecular complexity index is 1130. The first-order valence-corrected chi connectivity index (χ1v) is 8.63. The van der Waals surface area contributed by atoms with Crippen LogP contribution in [0.4, 0.5) is 5.82 Å². The molecule has 0 aliphatic rings. The lowest BCUT2D eigenvalue weighted by molar-refractivity contribution is -0.111. The molecule has 0 aliphatic heterocycles. The second kappa shape index (κ2) is 7.25. The van der Waals surface area contributed by atoms with Crippen LogP contribution in [0.2, 0.25) is 0 Å². The second-order valence-electron chi connectivity index (χ2n) is 6.25. The van der Waals surface area contributed by atoms with Gasteiger partial charge in [-0.15, -0.1) is 5.10 Å². The average Bonchev–Trinajstić information content (AvgIpc) is 3.07. The minimum Gasteiger partial charge on any atom is -0.305 e. The summed E-state index contributed by atoms with van der Waals surface area (Å²) in [6.45, 7) is 1.91. The van der Waals surface area contributed by atoms with Crippen LogP contribution in [0, 0.1) is 6.92 Å². The van der Waals surface area contributed by atoms with Gasteiger partial charge in [-0.05, 0) is 47.5 Å². The van der Waals surface area contributed by atoms with E-state index in [-0.39, 0.29) is 5.91 Å². The predicted molar refractivity (Wildman–Crippen MR) is 108 cm³/mol. The van der Waals surface area contributed by atoms with Crippen LogP contribution in [0.5, 0.6) is 0 Å². The highest BCUT2D eigenvalue weighted by Gasteiger charge is 2.08. The van der Waals surface area contributed by atoms with Gasteiger partial charge in [-0.3, -0.25) is 9.78 Å². The molecule has 0 saturated carbocycles. The fourth-order valence-electron chi connectivity index (χ4n) is 2.85. The molecule has 0 unspecified atom stereocenters. The van der Waals surface area contributed by atoms with Crippen LogP contribution < -0.4 is 5.32 Å². The SMILES string of the molecule is Cc1cn(-c2cccnc2)nc1NC(=O)/C=C/c1ccc2ccccc2c1. The van der Waals surface area contributed by atoms with Crippen LogP contribution in [0.3, 0.4) is 0 Å². The third kappa shape index (κ3) is 3.77. The van der Waals surface area contributed by atoms with Crippen LogP contribution in [0.1, 0.15) is 11.1 Å². The summed E-state index contributed by atoms with van der Waals surface area (Å²) in [5, 5.41) is 9.58. The van der Waals surface area contributed by atoms with Crippen LogP contribution in [0.15, 0.2) is 79.3 Å². The Kier molecular flexibility index (Phi) is 4.49. The molecule has 0 fully saturated rings. The molecule has 2 aromatic carbocycles. The number of pyridine rings is 1. The largest absolute Gasteiger partial charge is 0.305 e. The third-order valence-corrected chi connectivity index (χ3v) is 4.25. The minimum absolute atomic E-state index is 0.220. The number of fused-ring (bicyclic) bond motifs is 1. The summed E-state index contributed by atoms with van der Waals surface area (Å²) in [6, 6.07) is 18.0. The van der Waals surface area contributed by atoms with Crippen molar-refractivity contribution in [3.63, 3.8) is 0 Å². The zero-order valence-corrected chi connectivity index (χ0v) is 14.8. The van der Waals surface area contributed by atoms with Crippen molar-refractivity contribution in [1.82, 2.24) is 14.8 Å². The van der Waals surface area contributed by atoms with E-state index in [0.29, 0.717) is 5.82 Å². The summed E-state index contributed by atoms with van der Waals surface area (Å²) >= 11 is 0. The van der Waals surface area contributed by atoms with Crippen LogP contribution in [-0.2, 0) is 4.79 Å². The summed E-state index contributed by atoms with van der Waals surface area (Å²) < 4.78 is 1.70. The summed E-state index contributed by atoms with van der Waals surface area (Å²) in [5.41, 5.74) is 2.69. The summed E-state index contributed by atoms with van der Waals surface area (Å²) in [5.74, 6) is 0.315. The summed E-state index contributed by atoms with van der Waals surface area (Å²) in [4.78, 5) is 16.4. The number of nitrogens with one attached hydrogen (secondary N) is 1. The maximum Gasteiger partial charge on any atom is 0.249 e. The summed E-state index contributed by atoms with van der Waals surface area (Å²) in [6.07, 6.45) is 8.61. The number of carbonyl (C=O) groups excluding carboxylic acids is 1. The molecule has 1 N–H and O–H groups in total. The van der Waals surface area contributed by atoms with E-state index in [1.165, 1.54) is 11.5 Å². The van der Waals surface area contributed by atoms with E-state index >= 15 is 0 Å². The highest BCUT2D eigenvalue weighted by molar-refractivity contribution is 6.02. The zero-order chi connectivity index (χ0) is 18.6. The van der Waals surface area contributed by atoms with Gasteiger partial charge < -0.3 is 5.32 Å². The number of hydrogen-bond donors (Lipinski definition) is 1. The number of anilines is 1. The predicted octanol–water partition coefficient (Wildman–Crippen LogP) is 4.38. The standard InChI is InChI=1S/C22H18N4O/c1-16-15-26(20-7-4-12-23-14-20)25-22(16)24-21(27)11-9-17-8-10-18-5-2-3-6-19(18)13-17/h2-15H,1H3,(H,24,25,27)/b11-9+. The Morgan fingerprint density at radius 3 is 2.74 bits per heavy atom. The Balaban J connectivity index is 1.49. The Morgan fingerprint density at radius 2 is 1.93 bits per heavy atom. The number of aryl methyl sites for hydroxylation is 1. The first kappa shape index (κ1) is 16.7. The molecule has 0 atom stereocenters. The molecule has 0 radical (unpaired) electrons. The van der Waals surface area contributed by atoms with Gasteiger partial charge in [0.25, 0.3) is 0 Å². The highest BCUT2D eigenvalue weighted by Crippen LogP contribution is 2.17. The quantitative estimate of drug-likeness (QED) is 0.553. The molecule has 0 spiro atoms. The molecular weight excluding hydrogens is 336 g/mol. The minimum atomic E-state index is -0.220. The van der Waals surface area contributed by atoms with E-state index in [0.717, 1.165) is 22.2 Å². The smallest absolute Gasteiger partial charge is 0.249 e. The van der Waals surface area contributed by atoms with E-state index in [1.807, 2.05) is 49.5 Å². The molecule has 4 aromatic rings. The highest BCUT2D eigenvalue weighted by atomic mass is 16.1. The van der Waals surface area contributed by atoms with Gasteiger partial charge >= 0.3 is 0 Å². The molecule has 4 rings (SSSR count). The lowest BCUT2D eigenvalue weighted by atomic mass is 10.1. The molecule has 5 nitrogen and oxygen atoms in total. The van der Waals surface area contributed by atoms with E-state index in [2.05, 4.69) is 33.6 Å². The number of aromatic nitrogens is 3. The molecule has 0 saturated heterocycles. The molecule has 5 heteroatoms. The van der Waals surface area contributed by atoms with Gasteiger partial charge in [-0.2, -0.15) is 0 Å².